The first kappa shape index (κ1) is 17.6. The van der Waals surface area contributed by atoms with Crippen LogP contribution in [-0.4, -0.2) is 28.2 Å². The van der Waals surface area contributed by atoms with Gasteiger partial charge in [0.15, 0.2) is 0 Å². The normalized spacial score (nSPS) is 19.6. The SMILES string of the molecule is CCCN1C(=O)C(=O)/C(=C(\O)c2ccc(Cl)c(Cl)c2)C1c1ccco1. The monoisotopic (exact) mass is 379 g/mol. The molecular formula is C18H15Cl2NO4. The number of amides is 1. The number of likely N-dealkylation sites (tertiary alicyclic amines) is 1. The van der Waals surface area contributed by atoms with E-state index in [0.717, 1.165) is 0 Å². The Bertz CT molecular complexity index is 858. The van der Waals surface area contributed by atoms with Gasteiger partial charge in [-0.15, -0.1) is 0 Å². The van der Waals surface area contributed by atoms with Gasteiger partial charge in [0.1, 0.15) is 17.6 Å². The molecule has 1 aromatic carbocycles. The Hall–Kier alpha value is -2.24. The zero-order valence-corrected chi connectivity index (χ0v) is 14.8. The summed E-state index contributed by atoms with van der Waals surface area (Å²) in [5.74, 6) is -1.31. The topological polar surface area (TPSA) is 70.8 Å². The van der Waals surface area contributed by atoms with Gasteiger partial charge in [0, 0.05) is 12.1 Å². The molecule has 130 valence electrons. The lowest BCUT2D eigenvalue weighted by Gasteiger charge is -2.22. The Morgan fingerprint density at radius 3 is 2.60 bits per heavy atom. The smallest absolute Gasteiger partial charge is 0.295 e. The highest BCUT2D eigenvalue weighted by Gasteiger charge is 2.47. The molecule has 1 saturated heterocycles. The number of furan rings is 1. The molecular weight excluding hydrogens is 365 g/mol. The Morgan fingerprint density at radius 1 is 1.24 bits per heavy atom. The van der Waals surface area contributed by atoms with Gasteiger partial charge in [-0.2, -0.15) is 0 Å². The lowest BCUT2D eigenvalue weighted by molar-refractivity contribution is -0.140. The van der Waals surface area contributed by atoms with Gasteiger partial charge in [-0.05, 0) is 36.8 Å². The molecule has 1 atom stereocenters. The first-order valence-electron chi connectivity index (χ1n) is 7.73. The number of benzene rings is 1. The third-order valence-electron chi connectivity index (χ3n) is 4.01. The van der Waals surface area contributed by atoms with E-state index in [0.29, 0.717) is 29.3 Å². The highest BCUT2D eigenvalue weighted by atomic mass is 35.5. The molecule has 1 aromatic heterocycles. The summed E-state index contributed by atoms with van der Waals surface area (Å²) in [4.78, 5) is 26.4. The summed E-state index contributed by atoms with van der Waals surface area (Å²) < 4.78 is 5.41. The Morgan fingerprint density at radius 2 is 2.00 bits per heavy atom. The van der Waals surface area contributed by atoms with Gasteiger partial charge in [-0.25, -0.2) is 0 Å². The third-order valence-corrected chi connectivity index (χ3v) is 4.75. The number of carbonyl (C=O) groups is 2. The van der Waals surface area contributed by atoms with Crippen LogP contribution in [0.25, 0.3) is 5.76 Å². The van der Waals surface area contributed by atoms with E-state index in [-0.39, 0.29) is 16.4 Å². The standard InChI is InChI=1S/C18H15Cl2NO4/c1-2-7-21-15(13-4-3-8-25-13)14(17(23)18(21)24)16(22)10-5-6-11(19)12(20)9-10/h3-6,8-9,15,22H,2,7H2,1H3/b16-14-. The summed E-state index contributed by atoms with van der Waals surface area (Å²) in [6.07, 6.45) is 2.12. The van der Waals surface area contributed by atoms with E-state index in [1.165, 1.54) is 29.4 Å². The van der Waals surface area contributed by atoms with E-state index in [4.69, 9.17) is 27.6 Å². The zero-order valence-electron chi connectivity index (χ0n) is 13.3. The second kappa shape index (κ2) is 6.94. The van der Waals surface area contributed by atoms with Crippen molar-refractivity contribution in [3.63, 3.8) is 0 Å². The van der Waals surface area contributed by atoms with Gasteiger partial charge in [0.2, 0.25) is 0 Å². The van der Waals surface area contributed by atoms with Crippen molar-refractivity contribution in [1.29, 1.82) is 0 Å². The number of nitrogens with zero attached hydrogens (tertiary/aromatic N) is 1. The van der Waals surface area contributed by atoms with Crippen molar-refractivity contribution in [3.05, 3.63) is 63.5 Å². The van der Waals surface area contributed by atoms with Crippen molar-refractivity contribution in [2.45, 2.75) is 19.4 Å². The number of aliphatic hydroxyl groups excluding tert-OH is 1. The maximum atomic E-state index is 12.6. The minimum atomic E-state index is -0.774. The lowest BCUT2D eigenvalue weighted by atomic mass is 9.99. The van der Waals surface area contributed by atoms with Crippen LogP contribution in [0.4, 0.5) is 0 Å². The fraction of sp³-hybridized carbons (Fsp3) is 0.222. The number of ketones is 1. The minimum absolute atomic E-state index is 0.0215. The van der Waals surface area contributed by atoms with E-state index < -0.39 is 17.7 Å². The molecule has 1 unspecified atom stereocenters. The molecule has 2 aromatic rings. The van der Waals surface area contributed by atoms with E-state index in [1.807, 2.05) is 6.92 Å². The highest BCUT2D eigenvalue weighted by Crippen LogP contribution is 2.40. The van der Waals surface area contributed by atoms with E-state index in [2.05, 4.69) is 0 Å². The fourth-order valence-corrected chi connectivity index (χ4v) is 3.19. The van der Waals surface area contributed by atoms with Crippen LogP contribution >= 0.6 is 23.2 Å². The van der Waals surface area contributed by atoms with Gasteiger partial charge < -0.3 is 14.4 Å². The van der Waals surface area contributed by atoms with E-state index >= 15 is 0 Å². The molecule has 25 heavy (non-hydrogen) atoms. The van der Waals surface area contributed by atoms with Gasteiger partial charge in [-0.3, -0.25) is 9.59 Å². The molecule has 1 fully saturated rings. The van der Waals surface area contributed by atoms with Crippen molar-refractivity contribution >= 4 is 40.7 Å². The second-order valence-electron chi connectivity index (χ2n) is 5.64. The number of Topliss-reactive ketones (excluding diaryl/α,β-unsaturated/α-hetero) is 1. The minimum Gasteiger partial charge on any atom is -0.507 e. The van der Waals surface area contributed by atoms with Crippen molar-refractivity contribution in [2.24, 2.45) is 0 Å². The number of hydrogen-bond acceptors (Lipinski definition) is 4. The van der Waals surface area contributed by atoms with Crippen LogP contribution in [0.1, 0.15) is 30.7 Å². The lowest BCUT2D eigenvalue weighted by Crippen LogP contribution is -2.30. The van der Waals surface area contributed by atoms with E-state index in [9.17, 15) is 14.7 Å². The molecule has 1 aliphatic heterocycles. The second-order valence-corrected chi connectivity index (χ2v) is 6.45. The third kappa shape index (κ3) is 3.05. The first-order valence-corrected chi connectivity index (χ1v) is 8.48. The van der Waals surface area contributed by atoms with Crippen molar-refractivity contribution < 1.29 is 19.1 Å². The molecule has 0 aliphatic carbocycles. The van der Waals surface area contributed by atoms with E-state index in [1.54, 1.807) is 12.1 Å². The predicted octanol–water partition coefficient (Wildman–Crippen LogP) is 4.42. The van der Waals surface area contributed by atoms with Gasteiger partial charge in [0.05, 0.1) is 21.9 Å². The predicted molar refractivity (Wildman–Crippen MR) is 94.5 cm³/mol. The van der Waals surface area contributed by atoms with Crippen LogP contribution in [0.15, 0.2) is 46.6 Å². The van der Waals surface area contributed by atoms with Crippen molar-refractivity contribution in [3.8, 4) is 0 Å². The first-order chi connectivity index (χ1) is 12.0. The summed E-state index contributed by atoms with van der Waals surface area (Å²) in [5, 5.41) is 11.3. The number of aliphatic hydroxyl groups is 1. The molecule has 0 spiro atoms. The number of carbonyl (C=O) groups excluding carboxylic acids is 2. The summed E-state index contributed by atoms with van der Waals surface area (Å²) >= 11 is 11.9. The molecule has 1 amide bonds. The van der Waals surface area contributed by atoms with Crippen LogP contribution in [-0.2, 0) is 9.59 Å². The molecule has 2 heterocycles. The molecule has 0 saturated carbocycles. The molecule has 7 heteroatoms. The summed E-state index contributed by atoms with van der Waals surface area (Å²) in [7, 11) is 0. The van der Waals surface area contributed by atoms with Crippen LogP contribution < -0.4 is 0 Å². The quantitative estimate of drug-likeness (QED) is 0.484. The summed E-state index contributed by atoms with van der Waals surface area (Å²) in [5.41, 5.74) is 0.284. The van der Waals surface area contributed by atoms with Crippen LogP contribution in [0.2, 0.25) is 10.0 Å². The maximum Gasteiger partial charge on any atom is 0.295 e. The Labute approximate surface area is 154 Å². The molecule has 3 rings (SSSR count). The van der Waals surface area contributed by atoms with Crippen LogP contribution in [0.5, 0.6) is 0 Å². The Balaban J connectivity index is 2.17. The highest BCUT2D eigenvalue weighted by molar-refractivity contribution is 6.46. The Kier molecular flexibility index (Phi) is 4.88. The van der Waals surface area contributed by atoms with Crippen LogP contribution in [0, 0.1) is 0 Å². The van der Waals surface area contributed by atoms with Crippen molar-refractivity contribution in [2.75, 3.05) is 6.54 Å². The molecule has 1 N–H and O–H groups in total. The van der Waals surface area contributed by atoms with Gasteiger partial charge in [-0.1, -0.05) is 30.1 Å². The summed E-state index contributed by atoms with van der Waals surface area (Å²) in [6, 6.07) is 7.07. The zero-order chi connectivity index (χ0) is 18.1. The number of rotatable bonds is 4. The summed E-state index contributed by atoms with van der Waals surface area (Å²) in [6.45, 7) is 2.27. The fourth-order valence-electron chi connectivity index (χ4n) is 2.89. The molecule has 5 nitrogen and oxygen atoms in total. The molecule has 0 bridgehead atoms. The average Bonchev–Trinajstić information content (AvgIpc) is 3.19. The average molecular weight is 380 g/mol. The largest absolute Gasteiger partial charge is 0.507 e. The van der Waals surface area contributed by atoms with Gasteiger partial charge in [0.25, 0.3) is 11.7 Å². The molecule has 1 aliphatic rings. The number of hydrogen-bond donors (Lipinski definition) is 1. The van der Waals surface area contributed by atoms with Crippen molar-refractivity contribution in [1.82, 2.24) is 4.90 Å². The maximum absolute atomic E-state index is 12.6. The van der Waals surface area contributed by atoms with Crippen LogP contribution in [0.3, 0.4) is 0 Å². The molecule has 0 radical (unpaired) electrons. The number of halogens is 2. The van der Waals surface area contributed by atoms with Gasteiger partial charge >= 0.3 is 0 Å².